The van der Waals surface area contributed by atoms with E-state index in [0.29, 0.717) is 0 Å². The highest BCUT2D eigenvalue weighted by atomic mass is 16.2. The molecule has 0 saturated carbocycles. The van der Waals surface area contributed by atoms with Crippen LogP contribution in [0.25, 0.3) is 11.6 Å². The fourth-order valence-corrected chi connectivity index (χ4v) is 2.82. The molecule has 2 amide bonds. The molecule has 0 unspecified atom stereocenters. The Morgan fingerprint density at radius 2 is 2.08 bits per heavy atom. The molecule has 1 aliphatic rings. The number of nitrogens with two attached hydrogens (primary N) is 1. The third kappa shape index (κ3) is 4.59. The van der Waals surface area contributed by atoms with Crippen LogP contribution in [0.5, 0.6) is 0 Å². The molecule has 0 atom stereocenters. The van der Waals surface area contributed by atoms with Gasteiger partial charge in [-0.3, -0.25) is 0 Å². The lowest BCUT2D eigenvalue weighted by atomic mass is 9.88. The van der Waals surface area contributed by atoms with E-state index in [0.717, 1.165) is 11.1 Å². The number of fused-ring (bicyclic) bond motifs is 1. The summed E-state index contributed by atoms with van der Waals surface area (Å²) in [6, 6.07) is 5.82. The average molecular weight is 338 g/mol. The SMILES string of the molecule is CC1=CC(C)(C)N(C)c2ccc(/C=C/C(C)=C\C=N\NC(N)=O)cc21. The molecule has 0 bridgehead atoms. The average Bonchev–Trinajstić information content (AvgIpc) is 2.54. The summed E-state index contributed by atoms with van der Waals surface area (Å²) in [6.07, 6.45) is 9.67. The van der Waals surface area contributed by atoms with E-state index in [9.17, 15) is 4.79 Å². The summed E-state index contributed by atoms with van der Waals surface area (Å²) in [4.78, 5) is 12.8. The number of likely N-dealkylation sites (N-methyl/N-ethyl adjacent to an activating group) is 1. The van der Waals surface area contributed by atoms with Gasteiger partial charge in [-0.1, -0.05) is 24.3 Å². The van der Waals surface area contributed by atoms with Crippen molar-refractivity contribution in [2.24, 2.45) is 10.8 Å². The smallest absolute Gasteiger partial charge is 0.332 e. The van der Waals surface area contributed by atoms with Crippen molar-refractivity contribution in [3.63, 3.8) is 0 Å². The summed E-state index contributed by atoms with van der Waals surface area (Å²) < 4.78 is 0. The minimum absolute atomic E-state index is 0.0199. The molecule has 5 heteroatoms. The summed E-state index contributed by atoms with van der Waals surface area (Å²) in [5.74, 6) is 0. The van der Waals surface area contributed by atoms with Gasteiger partial charge in [0.05, 0.1) is 5.54 Å². The lowest BCUT2D eigenvalue weighted by Gasteiger charge is -2.40. The highest BCUT2D eigenvalue weighted by Gasteiger charge is 2.28. The zero-order valence-corrected chi connectivity index (χ0v) is 15.5. The van der Waals surface area contributed by atoms with Crippen LogP contribution in [0.3, 0.4) is 0 Å². The second kappa shape index (κ2) is 7.38. The van der Waals surface area contributed by atoms with E-state index in [4.69, 9.17) is 5.73 Å². The first kappa shape index (κ1) is 18.5. The molecule has 25 heavy (non-hydrogen) atoms. The molecule has 0 aromatic heterocycles. The Morgan fingerprint density at radius 3 is 2.76 bits per heavy atom. The number of rotatable bonds is 4. The van der Waals surface area contributed by atoms with Gasteiger partial charge < -0.3 is 10.6 Å². The third-order valence-corrected chi connectivity index (χ3v) is 4.37. The summed E-state index contributed by atoms with van der Waals surface area (Å²) in [6.45, 7) is 8.56. The molecule has 0 radical (unpaired) electrons. The van der Waals surface area contributed by atoms with Crippen LogP contribution in [0.1, 0.15) is 38.8 Å². The molecule has 0 fully saturated rings. The van der Waals surface area contributed by atoms with Gasteiger partial charge in [0.25, 0.3) is 0 Å². The molecule has 1 aliphatic heterocycles. The minimum Gasteiger partial charge on any atom is -0.366 e. The molecule has 5 nitrogen and oxygen atoms in total. The highest BCUT2D eigenvalue weighted by Crippen LogP contribution is 2.38. The van der Waals surface area contributed by atoms with Crippen molar-refractivity contribution in [2.45, 2.75) is 33.2 Å². The second-order valence-electron chi connectivity index (χ2n) is 6.81. The number of carbonyl (C=O) groups is 1. The van der Waals surface area contributed by atoms with Crippen LogP contribution in [0.4, 0.5) is 10.5 Å². The van der Waals surface area contributed by atoms with Gasteiger partial charge in [0, 0.05) is 24.5 Å². The Labute approximate surface area is 149 Å². The molecule has 3 N–H and O–H groups in total. The maximum atomic E-state index is 10.5. The van der Waals surface area contributed by atoms with E-state index in [1.54, 1.807) is 6.08 Å². The van der Waals surface area contributed by atoms with Crippen molar-refractivity contribution in [2.75, 3.05) is 11.9 Å². The molecular weight excluding hydrogens is 312 g/mol. The number of benzene rings is 1. The van der Waals surface area contributed by atoms with E-state index < -0.39 is 6.03 Å². The number of hydrazone groups is 1. The topological polar surface area (TPSA) is 70.7 Å². The lowest BCUT2D eigenvalue weighted by Crippen LogP contribution is -2.42. The van der Waals surface area contributed by atoms with Gasteiger partial charge in [0.1, 0.15) is 0 Å². The van der Waals surface area contributed by atoms with Crippen LogP contribution in [0.2, 0.25) is 0 Å². The Kier molecular flexibility index (Phi) is 5.47. The lowest BCUT2D eigenvalue weighted by molar-refractivity contribution is 0.249. The van der Waals surface area contributed by atoms with Crippen molar-refractivity contribution in [3.05, 3.63) is 53.1 Å². The van der Waals surface area contributed by atoms with Gasteiger partial charge in [-0.25, -0.2) is 10.2 Å². The molecular formula is C20H26N4O. The van der Waals surface area contributed by atoms with Gasteiger partial charge >= 0.3 is 6.03 Å². The molecule has 132 valence electrons. The molecule has 0 saturated heterocycles. The number of hydrogen-bond acceptors (Lipinski definition) is 3. The molecule has 1 heterocycles. The van der Waals surface area contributed by atoms with Crippen molar-refractivity contribution in [3.8, 4) is 0 Å². The Balaban J connectivity index is 2.18. The summed E-state index contributed by atoms with van der Waals surface area (Å²) in [5, 5.41) is 3.68. The van der Waals surface area contributed by atoms with Crippen molar-refractivity contribution in [1.82, 2.24) is 5.43 Å². The minimum atomic E-state index is -0.677. The monoisotopic (exact) mass is 338 g/mol. The largest absolute Gasteiger partial charge is 0.366 e. The van der Waals surface area contributed by atoms with Gasteiger partial charge in [-0.15, -0.1) is 0 Å². The first-order valence-electron chi connectivity index (χ1n) is 8.22. The highest BCUT2D eigenvalue weighted by molar-refractivity contribution is 5.82. The molecule has 2 rings (SSSR count). The quantitative estimate of drug-likeness (QED) is 0.496. The molecule has 0 spiro atoms. The van der Waals surface area contributed by atoms with Crippen LogP contribution in [-0.4, -0.2) is 24.8 Å². The summed E-state index contributed by atoms with van der Waals surface area (Å²) in [5.41, 5.74) is 13.1. The maximum Gasteiger partial charge on any atom is 0.332 e. The van der Waals surface area contributed by atoms with Crippen LogP contribution >= 0.6 is 0 Å². The number of hydrogen-bond donors (Lipinski definition) is 2. The predicted molar refractivity (Wildman–Crippen MR) is 107 cm³/mol. The standard InChI is InChI=1S/C20H26N4O/c1-14(10-11-22-23-19(21)25)6-7-16-8-9-18-17(12-16)15(2)13-20(3,4)24(18)5/h6-13H,1-5H3,(H3,21,23,25)/b7-6+,14-10-,22-11+. The first-order chi connectivity index (χ1) is 11.7. The number of nitrogens with one attached hydrogen (secondary N) is 1. The normalized spacial score (nSPS) is 16.9. The third-order valence-electron chi connectivity index (χ3n) is 4.37. The summed E-state index contributed by atoms with van der Waals surface area (Å²) >= 11 is 0. The summed E-state index contributed by atoms with van der Waals surface area (Å²) in [7, 11) is 2.13. The second-order valence-corrected chi connectivity index (χ2v) is 6.81. The number of allylic oxidation sites excluding steroid dienone is 4. The van der Waals surface area contributed by atoms with Crippen LogP contribution in [0.15, 0.2) is 47.1 Å². The van der Waals surface area contributed by atoms with Crippen molar-refractivity contribution < 1.29 is 4.79 Å². The number of carbonyl (C=O) groups excluding carboxylic acids is 1. The molecule has 1 aromatic carbocycles. The zero-order valence-electron chi connectivity index (χ0n) is 15.5. The van der Waals surface area contributed by atoms with Crippen LogP contribution in [0, 0.1) is 0 Å². The van der Waals surface area contributed by atoms with E-state index >= 15 is 0 Å². The van der Waals surface area contributed by atoms with E-state index in [1.807, 2.05) is 13.0 Å². The van der Waals surface area contributed by atoms with E-state index in [2.05, 4.69) is 73.6 Å². The molecule has 1 aromatic rings. The van der Waals surface area contributed by atoms with E-state index in [1.165, 1.54) is 23.0 Å². The van der Waals surface area contributed by atoms with Crippen LogP contribution < -0.4 is 16.1 Å². The Hall–Kier alpha value is -2.82. The van der Waals surface area contributed by atoms with Crippen LogP contribution in [-0.2, 0) is 0 Å². The fraction of sp³-hybridized carbons (Fsp3) is 0.300. The molecule has 0 aliphatic carbocycles. The predicted octanol–water partition coefficient (Wildman–Crippen LogP) is 3.93. The Morgan fingerprint density at radius 1 is 1.36 bits per heavy atom. The number of urea groups is 1. The zero-order chi connectivity index (χ0) is 18.6. The van der Waals surface area contributed by atoms with Gasteiger partial charge in [-0.05, 0) is 62.6 Å². The Bertz CT molecular complexity index is 785. The van der Waals surface area contributed by atoms with Gasteiger partial charge in [-0.2, -0.15) is 5.10 Å². The number of nitrogens with zero attached hydrogens (tertiary/aromatic N) is 2. The first-order valence-corrected chi connectivity index (χ1v) is 8.22. The number of primary amides is 1. The maximum absolute atomic E-state index is 10.5. The van der Waals surface area contributed by atoms with Gasteiger partial charge in [0.15, 0.2) is 0 Å². The van der Waals surface area contributed by atoms with Crippen molar-refractivity contribution >= 4 is 29.6 Å². The number of amides is 2. The number of anilines is 1. The van der Waals surface area contributed by atoms with E-state index in [-0.39, 0.29) is 5.54 Å². The van der Waals surface area contributed by atoms with Gasteiger partial charge in [0.2, 0.25) is 0 Å². The van der Waals surface area contributed by atoms with Crippen molar-refractivity contribution in [1.29, 1.82) is 0 Å². The fourth-order valence-electron chi connectivity index (χ4n) is 2.82.